The molecular formula is C37H51NO3. The second-order valence-electron chi connectivity index (χ2n) is 16.1. The summed E-state index contributed by atoms with van der Waals surface area (Å²) in [4.78, 5) is 19.9. The number of ketones is 1. The maximum Gasteiger partial charge on any atom is 0.140 e. The second kappa shape index (κ2) is 9.23. The Hall–Kier alpha value is -2.04. The van der Waals surface area contributed by atoms with Crippen LogP contribution >= 0.6 is 0 Å². The number of carbonyl (C=O) groups excluding carboxylic acids is 1. The molecule has 2 aromatic rings. The highest BCUT2D eigenvalue weighted by Crippen LogP contribution is 2.73. The average molecular weight is 558 g/mol. The highest BCUT2D eigenvalue weighted by molar-refractivity contribution is 5.89. The van der Waals surface area contributed by atoms with Crippen LogP contribution in [-0.2, 0) is 16.6 Å². The topological polar surface area (TPSA) is 70.4 Å². The third-order valence-electron chi connectivity index (χ3n) is 13.3. The fourth-order valence-corrected chi connectivity index (χ4v) is 10.5. The van der Waals surface area contributed by atoms with Gasteiger partial charge in [0, 0.05) is 22.6 Å². The Balaban J connectivity index is 1.35. The lowest BCUT2D eigenvalue weighted by Gasteiger charge is -2.64. The Kier molecular flexibility index (Phi) is 6.54. The number of Topliss-reactive ketones (excluding diaryl/α,β-unsaturated/α-hetero) is 1. The molecule has 4 nitrogen and oxygen atoms in total. The minimum absolute atomic E-state index is 0.0570. The van der Waals surface area contributed by atoms with Gasteiger partial charge in [0.25, 0.3) is 0 Å². The maximum atomic E-state index is 14.7. The summed E-state index contributed by atoms with van der Waals surface area (Å²) in [7, 11) is 0. The molecule has 1 aromatic heterocycles. The van der Waals surface area contributed by atoms with Gasteiger partial charge in [-0.1, -0.05) is 71.4 Å². The highest BCUT2D eigenvalue weighted by Gasteiger charge is 2.70. The van der Waals surface area contributed by atoms with E-state index < -0.39 is 11.7 Å². The summed E-state index contributed by atoms with van der Waals surface area (Å²) in [5.74, 6) is 1.82. The van der Waals surface area contributed by atoms with Gasteiger partial charge in [-0.2, -0.15) is 0 Å². The summed E-state index contributed by atoms with van der Waals surface area (Å²) >= 11 is 0. The zero-order valence-corrected chi connectivity index (χ0v) is 26.6. The second-order valence-corrected chi connectivity index (χ2v) is 16.1. The zero-order chi connectivity index (χ0) is 29.8. The van der Waals surface area contributed by atoms with E-state index in [0.717, 1.165) is 37.6 Å². The van der Waals surface area contributed by atoms with Crippen molar-refractivity contribution in [2.24, 2.45) is 39.9 Å². The van der Waals surface area contributed by atoms with Crippen molar-refractivity contribution >= 4 is 16.7 Å². The maximum absolute atomic E-state index is 14.7. The molecule has 1 aromatic carbocycles. The Morgan fingerprint density at radius 2 is 1.78 bits per heavy atom. The first-order valence-electron chi connectivity index (χ1n) is 16.1. The average Bonchev–Trinajstić information content (AvgIpc) is 3.17. The van der Waals surface area contributed by atoms with Crippen molar-refractivity contribution in [2.75, 3.05) is 0 Å². The van der Waals surface area contributed by atoms with Crippen molar-refractivity contribution in [1.29, 1.82) is 0 Å². The van der Waals surface area contributed by atoms with Crippen molar-refractivity contribution in [3.63, 3.8) is 0 Å². The van der Waals surface area contributed by atoms with E-state index in [1.807, 2.05) is 0 Å². The summed E-state index contributed by atoms with van der Waals surface area (Å²) in [6.45, 7) is 17.6. The van der Waals surface area contributed by atoms with Crippen LogP contribution in [0.5, 0.6) is 0 Å². The third-order valence-corrected chi connectivity index (χ3v) is 13.3. The number of aromatic nitrogens is 1. The van der Waals surface area contributed by atoms with Crippen LogP contribution in [0.15, 0.2) is 42.0 Å². The molecule has 0 saturated heterocycles. The molecule has 0 radical (unpaired) electrons. The summed E-state index contributed by atoms with van der Waals surface area (Å²) in [5.41, 5.74) is 3.33. The predicted molar refractivity (Wildman–Crippen MR) is 166 cm³/mol. The van der Waals surface area contributed by atoms with Crippen molar-refractivity contribution in [1.82, 2.24) is 4.98 Å². The van der Waals surface area contributed by atoms with Crippen LogP contribution < -0.4 is 0 Å². The molecule has 2 fully saturated rings. The van der Waals surface area contributed by atoms with Gasteiger partial charge in [0.1, 0.15) is 5.78 Å². The lowest BCUT2D eigenvalue weighted by molar-refractivity contribution is -0.168. The standard InChI is InChI=1S/C37H51NO3/c1-22(13-16-30(39)34(4,5)41)25-17-18-35(6)29-15-14-26-27(37(29,8)31(40)21-36(25,35)7)20-24-19-23-11-9-10-12-28(23)38-32(24)33(26,2)3/h9-12,14,19,22,25,27,29-30,39,41H,13,15-18,20-21H2,1-8H3/t22-,25-,27-,29+,30-,35+,36-,37+/m1/s1. The first-order valence-corrected chi connectivity index (χ1v) is 16.1. The molecule has 0 aliphatic heterocycles. The van der Waals surface area contributed by atoms with E-state index in [9.17, 15) is 15.0 Å². The summed E-state index contributed by atoms with van der Waals surface area (Å²) in [5, 5.41) is 22.0. The first kappa shape index (κ1) is 29.1. The lowest BCUT2D eigenvalue weighted by atomic mass is 9.38. The van der Waals surface area contributed by atoms with Crippen molar-refractivity contribution in [3.05, 3.63) is 53.2 Å². The van der Waals surface area contributed by atoms with Crippen LogP contribution in [0.1, 0.15) is 105 Å². The number of carbonyl (C=O) groups is 1. The van der Waals surface area contributed by atoms with E-state index in [-0.39, 0.29) is 27.6 Å². The van der Waals surface area contributed by atoms with Gasteiger partial charge in [-0.3, -0.25) is 9.78 Å². The van der Waals surface area contributed by atoms with E-state index in [0.29, 0.717) is 36.4 Å². The smallest absolute Gasteiger partial charge is 0.140 e. The van der Waals surface area contributed by atoms with Crippen LogP contribution in [0.4, 0.5) is 0 Å². The number of hydrogen-bond acceptors (Lipinski definition) is 4. The van der Waals surface area contributed by atoms with Crippen LogP contribution in [0.2, 0.25) is 0 Å². The molecule has 0 amide bonds. The van der Waals surface area contributed by atoms with Crippen LogP contribution in [0.3, 0.4) is 0 Å². The van der Waals surface area contributed by atoms with Crippen molar-refractivity contribution in [3.8, 4) is 0 Å². The number of allylic oxidation sites excluding steroid dienone is 2. The number of rotatable bonds is 5. The SMILES string of the molecule is C[C@H](CC[C@@H](O)C(C)(C)O)[C@H]1CC[C@@]2(C)[C@@H]3CC=C4[C@@H](Cc5cc6ccccc6nc5C4(C)C)[C@]3(C)C(=O)C[C@]12C. The molecule has 6 rings (SSSR count). The van der Waals surface area contributed by atoms with Crippen molar-refractivity contribution < 1.29 is 15.0 Å². The molecule has 0 unspecified atom stereocenters. The number of nitrogens with zero attached hydrogens (tertiary/aromatic N) is 1. The fourth-order valence-electron chi connectivity index (χ4n) is 10.5. The van der Waals surface area contributed by atoms with Gasteiger partial charge in [0.05, 0.1) is 22.9 Å². The monoisotopic (exact) mass is 557 g/mol. The molecule has 4 heteroatoms. The molecule has 8 atom stereocenters. The number of para-hydroxylation sites is 1. The number of aliphatic hydroxyl groups excluding tert-OH is 1. The van der Waals surface area contributed by atoms with Gasteiger partial charge in [-0.25, -0.2) is 0 Å². The number of aliphatic hydroxyl groups is 2. The van der Waals surface area contributed by atoms with Crippen LogP contribution in [0.25, 0.3) is 10.9 Å². The number of pyridine rings is 1. The predicted octanol–water partition coefficient (Wildman–Crippen LogP) is 7.58. The minimum Gasteiger partial charge on any atom is -0.390 e. The van der Waals surface area contributed by atoms with Gasteiger partial charge in [-0.05, 0) is 105 Å². The van der Waals surface area contributed by atoms with Gasteiger partial charge < -0.3 is 10.2 Å². The van der Waals surface area contributed by atoms with Gasteiger partial charge in [0.2, 0.25) is 0 Å². The molecule has 41 heavy (non-hydrogen) atoms. The van der Waals surface area contributed by atoms with E-state index in [1.165, 1.54) is 22.2 Å². The fraction of sp³-hybridized carbons (Fsp3) is 0.676. The molecular weight excluding hydrogens is 506 g/mol. The summed E-state index contributed by atoms with van der Waals surface area (Å²) in [6.07, 6.45) is 8.05. The summed E-state index contributed by atoms with van der Waals surface area (Å²) < 4.78 is 0. The normalized spacial score (nSPS) is 37.5. The largest absolute Gasteiger partial charge is 0.390 e. The molecule has 0 spiro atoms. The van der Waals surface area contributed by atoms with Gasteiger partial charge >= 0.3 is 0 Å². The molecule has 2 saturated carbocycles. The van der Waals surface area contributed by atoms with E-state index >= 15 is 0 Å². The Morgan fingerprint density at radius 1 is 1.07 bits per heavy atom. The van der Waals surface area contributed by atoms with Crippen LogP contribution in [-0.4, -0.2) is 32.7 Å². The zero-order valence-electron chi connectivity index (χ0n) is 26.6. The van der Waals surface area contributed by atoms with Crippen LogP contribution in [0, 0.1) is 39.9 Å². The lowest BCUT2D eigenvalue weighted by Crippen LogP contribution is -2.63. The molecule has 0 bridgehead atoms. The Morgan fingerprint density at radius 3 is 2.49 bits per heavy atom. The Bertz CT molecular complexity index is 1420. The number of hydrogen-bond donors (Lipinski definition) is 2. The minimum atomic E-state index is -1.09. The molecule has 4 aliphatic carbocycles. The third kappa shape index (κ3) is 3.99. The molecule has 4 aliphatic rings. The van der Waals surface area contributed by atoms with Gasteiger partial charge in [0.15, 0.2) is 0 Å². The van der Waals surface area contributed by atoms with Crippen molar-refractivity contribution in [2.45, 2.75) is 117 Å². The molecule has 2 N–H and O–H groups in total. The Labute approximate surface area is 247 Å². The summed E-state index contributed by atoms with van der Waals surface area (Å²) in [6, 6.07) is 10.8. The van der Waals surface area contributed by atoms with E-state index in [2.05, 4.69) is 78.0 Å². The molecule has 222 valence electrons. The van der Waals surface area contributed by atoms with Gasteiger partial charge in [-0.15, -0.1) is 0 Å². The van der Waals surface area contributed by atoms with E-state index in [4.69, 9.17) is 4.98 Å². The van der Waals surface area contributed by atoms with E-state index in [1.54, 1.807) is 13.8 Å². The highest BCUT2D eigenvalue weighted by atomic mass is 16.3. The number of fused-ring (bicyclic) bond motifs is 7. The molecule has 1 heterocycles. The quantitative estimate of drug-likeness (QED) is 0.372. The number of benzene rings is 1. The first-order chi connectivity index (χ1) is 19.0.